The second-order valence-corrected chi connectivity index (χ2v) is 11.1. The SMILES string of the molecule is CCc1ccccc1N(CC(=O)N(Cc1ccc(Cl)c(Cl)c1)C(C)C(=O)NC(C)C)S(C)(=O)=O. The Hall–Kier alpha value is -2.29. The fourth-order valence-electron chi connectivity index (χ4n) is 3.47. The number of hydrogen-bond acceptors (Lipinski definition) is 4. The number of carbonyl (C=O) groups is 2. The van der Waals surface area contributed by atoms with Crippen molar-refractivity contribution in [3.63, 3.8) is 0 Å². The number of sulfonamides is 1. The Kier molecular flexibility index (Phi) is 9.79. The van der Waals surface area contributed by atoms with Crippen LogP contribution < -0.4 is 9.62 Å². The minimum atomic E-state index is -3.78. The molecule has 0 aliphatic carbocycles. The largest absolute Gasteiger partial charge is 0.352 e. The van der Waals surface area contributed by atoms with Crippen LogP contribution in [0.15, 0.2) is 42.5 Å². The average molecular weight is 529 g/mol. The van der Waals surface area contributed by atoms with Gasteiger partial charge >= 0.3 is 0 Å². The topological polar surface area (TPSA) is 86.8 Å². The highest BCUT2D eigenvalue weighted by Gasteiger charge is 2.31. The van der Waals surface area contributed by atoms with Crippen molar-refractivity contribution in [2.45, 2.75) is 52.7 Å². The van der Waals surface area contributed by atoms with E-state index in [-0.39, 0.29) is 18.5 Å². The third-order valence-electron chi connectivity index (χ3n) is 5.26. The molecule has 2 rings (SSSR count). The third kappa shape index (κ3) is 7.35. The zero-order valence-corrected chi connectivity index (χ0v) is 22.3. The van der Waals surface area contributed by atoms with Crippen molar-refractivity contribution in [1.82, 2.24) is 10.2 Å². The molecule has 0 aromatic heterocycles. The number of nitrogens with zero attached hydrogens (tertiary/aromatic N) is 2. The Bertz CT molecular complexity index is 1140. The summed E-state index contributed by atoms with van der Waals surface area (Å²) in [5.74, 6) is -0.864. The molecular weight excluding hydrogens is 497 g/mol. The first-order chi connectivity index (χ1) is 15.8. The maximum atomic E-state index is 13.5. The number of para-hydroxylation sites is 1. The Balaban J connectivity index is 2.45. The van der Waals surface area contributed by atoms with E-state index in [1.807, 2.05) is 32.9 Å². The van der Waals surface area contributed by atoms with Gasteiger partial charge in [0.05, 0.1) is 22.0 Å². The highest BCUT2D eigenvalue weighted by molar-refractivity contribution is 7.92. The van der Waals surface area contributed by atoms with Crippen LogP contribution in [-0.2, 0) is 32.6 Å². The van der Waals surface area contributed by atoms with Crippen LogP contribution in [0.5, 0.6) is 0 Å². The lowest BCUT2D eigenvalue weighted by molar-refractivity contribution is -0.139. The molecule has 2 aromatic rings. The molecule has 2 aromatic carbocycles. The maximum absolute atomic E-state index is 13.5. The Morgan fingerprint density at radius 1 is 1.03 bits per heavy atom. The second-order valence-electron chi connectivity index (χ2n) is 8.36. The molecule has 34 heavy (non-hydrogen) atoms. The lowest BCUT2D eigenvalue weighted by atomic mass is 10.1. The number of nitrogens with one attached hydrogen (secondary N) is 1. The van der Waals surface area contributed by atoms with E-state index in [4.69, 9.17) is 23.2 Å². The van der Waals surface area contributed by atoms with E-state index < -0.39 is 28.5 Å². The van der Waals surface area contributed by atoms with Gasteiger partial charge in [-0.15, -0.1) is 0 Å². The van der Waals surface area contributed by atoms with Gasteiger partial charge in [0, 0.05) is 12.6 Å². The van der Waals surface area contributed by atoms with Crippen LogP contribution in [0.25, 0.3) is 0 Å². The summed E-state index contributed by atoms with van der Waals surface area (Å²) in [7, 11) is -3.78. The van der Waals surface area contributed by atoms with Crippen molar-refractivity contribution >= 4 is 50.7 Å². The Labute approximate surface area is 212 Å². The fourth-order valence-corrected chi connectivity index (χ4v) is 4.67. The molecule has 0 aliphatic rings. The molecule has 10 heteroatoms. The molecule has 0 saturated carbocycles. The molecule has 0 heterocycles. The number of benzene rings is 2. The van der Waals surface area contributed by atoms with Gasteiger partial charge < -0.3 is 10.2 Å². The molecule has 0 spiro atoms. The van der Waals surface area contributed by atoms with Gasteiger partial charge in [0.1, 0.15) is 12.6 Å². The molecule has 0 aliphatic heterocycles. The number of aryl methyl sites for hydroxylation is 1. The van der Waals surface area contributed by atoms with Crippen molar-refractivity contribution in [3.05, 3.63) is 63.6 Å². The molecule has 0 radical (unpaired) electrons. The van der Waals surface area contributed by atoms with Gasteiger partial charge in [0.25, 0.3) is 0 Å². The van der Waals surface area contributed by atoms with Crippen LogP contribution in [0.4, 0.5) is 5.69 Å². The molecule has 1 unspecified atom stereocenters. The van der Waals surface area contributed by atoms with E-state index in [1.54, 1.807) is 37.3 Å². The van der Waals surface area contributed by atoms with Crippen LogP contribution >= 0.6 is 23.2 Å². The van der Waals surface area contributed by atoms with Crippen LogP contribution in [-0.4, -0.2) is 50.0 Å². The normalized spacial score (nSPS) is 12.4. The number of hydrogen-bond donors (Lipinski definition) is 1. The van der Waals surface area contributed by atoms with Crippen LogP contribution in [0.3, 0.4) is 0 Å². The molecule has 7 nitrogen and oxygen atoms in total. The van der Waals surface area contributed by atoms with Gasteiger partial charge in [0.2, 0.25) is 21.8 Å². The first-order valence-corrected chi connectivity index (χ1v) is 13.5. The van der Waals surface area contributed by atoms with Crippen LogP contribution in [0.2, 0.25) is 10.0 Å². The highest BCUT2D eigenvalue weighted by Crippen LogP contribution is 2.26. The zero-order valence-electron chi connectivity index (χ0n) is 20.0. The van der Waals surface area contributed by atoms with Gasteiger partial charge in [-0.3, -0.25) is 13.9 Å². The summed E-state index contributed by atoms with van der Waals surface area (Å²) < 4.78 is 26.5. The predicted molar refractivity (Wildman–Crippen MR) is 138 cm³/mol. The van der Waals surface area contributed by atoms with E-state index in [9.17, 15) is 18.0 Å². The number of carbonyl (C=O) groups excluding carboxylic acids is 2. The second kappa shape index (κ2) is 11.9. The van der Waals surface area contributed by atoms with E-state index in [0.717, 1.165) is 16.1 Å². The van der Waals surface area contributed by atoms with E-state index in [1.165, 1.54) is 4.90 Å². The summed E-state index contributed by atoms with van der Waals surface area (Å²) in [6.07, 6.45) is 1.65. The van der Waals surface area contributed by atoms with E-state index >= 15 is 0 Å². The quantitative estimate of drug-likeness (QED) is 0.499. The number of anilines is 1. The Morgan fingerprint density at radius 2 is 1.68 bits per heavy atom. The molecule has 2 amide bonds. The summed E-state index contributed by atoms with van der Waals surface area (Å²) in [6.45, 7) is 6.77. The number of amides is 2. The minimum absolute atomic E-state index is 0.0510. The van der Waals surface area contributed by atoms with Gasteiger partial charge in [0.15, 0.2) is 0 Å². The molecule has 0 saturated heterocycles. The third-order valence-corrected chi connectivity index (χ3v) is 7.12. The van der Waals surface area contributed by atoms with Crippen molar-refractivity contribution in [3.8, 4) is 0 Å². The van der Waals surface area contributed by atoms with E-state index in [0.29, 0.717) is 27.7 Å². The summed E-state index contributed by atoms with van der Waals surface area (Å²) in [5, 5.41) is 3.49. The first kappa shape index (κ1) is 28.0. The highest BCUT2D eigenvalue weighted by atomic mass is 35.5. The average Bonchev–Trinajstić information content (AvgIpc) is 2.76. The molecule has 0 fully saturated rings. The summed E-state index contributed by atoms with van der Waals surface area (Å²) >= 11 is 12.2. The predicted octanol–water partition coefficient (Wildman–Crippen LogP) is 4.26. The lowest BCUT2D eigenvalue weighted by Gasteiger charge is -2.32. The molecule has 0 bridgehead atoms. The maximum Gasteiger partial charge on any atom is 0.244 e. The van der Waals surface area contributed by atoms with Crippen molar-refractivity contribution in [2.24, 2.45) is 0 Å². The number of halogens is 2. The minimum Gasteiger partial charge on any atom is -0.352 e. The summed E-state index contributed by atoms with van der Waals surface area (Å²) in [6, 6.07) is 11.0. The molecule has 1 atom stereocenters. The van der Waals surface area contributed by atoms with Crippen LogP contribution in [0.1, 0.15) is 38.8 Å². The van der Waals surface area contributed by atoms with E-state index in [2.05, 4.69) is 5.32 Å². The summed E-state index contributed by atoms with van der Waals surface area (Å²) in [4.78, 5) is 27.7. The van der Waals surface area contributed by atoms with Crippen molar-refractivity contribution in [1.29, 1.82) is 0 Å². The summed E-state index contributed by atoms with van der Waals surface area (Å²) in [5.41, 5.74) is 1.89. The molecule has 186 valence electrons. The zero-order chi connectivity index (χ0) is 25.6. The van der Waals surface area contributed by atoms with Gasteiger partial charge in [-0.1, -0.05) is 54.4 Å². The lowest BCUT2D eigenvalue weighted by Crippen LogP contribution is -2.52. The van der Waals surface area contributed by atoms with Crippen LogP contribution in [0, 0.1) is 0 Å². The fraction of sp³-hybridized carbons (Fsp3) is 0.417. The molecular formula is C24H31Cl2N3O4S. The monoisotopic (exact) mass is 527 g/mol. The Morgan fingerprint density at radius 3 is 2.24 bits per heavy atom. The molecule has 1 N–H and O–H groups in total. The van der Waals surface area contributed by atoms with Gasteiger partial charge in [-0.2, -0.15) is 0 Å². The van der Waals surface area contributed by atoms with Gasteiger partial charge in [-0.25, -0.2) is 8.42 Å². The van der Waals surface area contributed by atoms with Crippen molar-refractivity contribution in [2.75, 3.05) is 17.1 Å². The van der Waals surface area contributed by atoms with Gasteiger partial charge in [-0.05, 0) is 56.5 Å². The van der Waals surface area contributed by atoms with Crippen molar-refractivity contribution < 1.29 is 18.0 Å². The smallest absolute Gasteiger partial charge is 0.244 e. The first-order valence-electron chi connectivity index (χ1n) is 10.9. The standard InChI is InChI=1S/C24H31Cl2N3O4S/c1-6-19-9-7-8-10-22(19)29(34(5,32)33)15-23(30)28(17(4)24(31)27-16(2)3)14-18-11-12-20(25)21(26)13-18/h7-13,16-17H,6,14-15H2,1-5H3,(H,27,31). The number of rotatable bonds is 10.